The van der Waals surface area contributed by atoms with Gasteiger partial charge < -0.3 is 9.32 Å². The number of amides is 1. The highest BCUT2D eigenvalue weighted by atomic mass is 16.3. The average molecular weight is 273 g/mol. The van der Waals surface area contributed by atoms with E-state index in [1.54, 1.807) is 29.2 Å². The predicted octanol–water partition coefficient (Wildman–Crippen LogP) is 3.06. The molecule has 0 bridgehead atoms. The van der Waals surface area contributed by atoms with Gasteiger partial charge in [-0.15, -0.1) is 0 Å². The second kappa shape index (κ2) is 6.37. The second-order valence-electron chi connectivity index (χ2n) is 4.71. The van der Waals surface area contributed by atoms with Crippen molar-refractivity contribution >= 4 is 16.9 Å². The summed E-state index contributed by atoms with van der Waals surface area (Å²) in [6, 6.07) is 8.26. The quantitative estimate of drug-likeness (QED) is 0.841. The molecule has 2 rings (SSSR count). The van der Waals surface area contributed by atoms with E-state index >= 15 is 0 Å². The Morgan fingerprint density at radius 2 is 2.00 bits per heavy atom. The molecule has 0 aliphatic carbocycles. The zero-order valence-corrected chi connectivity index (χ0v) is 11.9. The molecule has 0 N–H and O–H groups in total. The Labute approximate surface area is 118 Å². The lowest BCUT2D eigenvalue weighted by Crippen LogP contribution is -2.32. The normalized spacial score (nSPS) is 10.7. The summed E-state index contributed by atoms with van der Waals surface area (Å²) in [5, 5.41) is 0.501. The van der Waals surface area contributed by atoms with Gasteiger partial charge in [0, 0.05) is 19.2 Å². The van der Waals surface area contributed by atoms with E-state index in [1.807, 2.05) is 6.92 Å². The van der Waals surface area contributed by atoms with Crippen LogP contribution in [0.5, 0.6) is 0 Å². The molecule has 0 fully saturated rings. The van der Waals surface area contributed by atoms with Gasteiger partial charge in [-0.1, -0.05) is 25.5 Å². The van der Waals surface area contributed by atoms with E-state index in [-0.39, 0.29) is 17.1 Å². The Morgan fingerprint density at radius 3 is 2.70 bits per heavy atom. The van der Waals surface area contributed by atoms with E-state index < -0.39 is 0 Å². The van der Waals surface area contributed by atoms with Gasteiger partial charge >= 0.3 is 0 Å². The SMILES string of the molecule is CCCCN(CC)C(=O)c1cc(=O)c2ccccc2o1. The summed E-state index contributed by atoms with van der Waals surface area (Å²) in [6.45, 7) is 5.29. The van der Waals surface area contributed by atoms with Gasteiger partial charge in [-0.25, -0.2) is 0 Å². The minimum absolute atomic E-state index is 0.117. The van der Waals surface area contributed by atoms with Crippen LogP contribution in [-0.4, -0.2) is 23.9 Å². The summed E-state index contributed by atoms with van der Waals surface area (Å²) in [7, 11) is 0. The van der Waals surface area contributed by atoms with Crippen LogP contribution in [0, 0.1) is 0 Å². The highest BCUT2D eigenvalue weighted by molar-refractivity contribution is 5.93. The van der Waals surface area contributed by atoms with Crippen LogP contribution in [-0.2, 0) is 0 Å². The molecule has 106 valence electrons. The number of hydrogen-bond donors (Lipinski definition) is 0. The van der Waals surface area contributed by atoms with Gasteiger partial charge in [0.05, 0.1) is 5.39 Å². The zero-order chi connectivity index (χ0) is 14.5. The molecule has 0 spiro atoms. The lowest BCUT2D eigenvalue weighted by Gasteiger charge is -2.19. The van der Waals surface area contributed by atoms with Gasteiger partial charge in [0.25, 0.3) is 5.91 Å². The molecule has 0 saturated heterocycles. The van der Waals surface area contributed by atoms with Crippen LogP contribution in [0.4, 0.5) is 0 Å². The van der Waals surface area contributed by atoms with Crippen molar-refractivity contribution in [3.63, 3.8) is 0 Å². The molecule has 0 unspecified atom stereocenters. The number of benzene rings is 1. The molecule has 0 aliphatic heterocycles. The third-order valence-corrected chi connectivity index (χ3v) is 3.30. The summed E-state index contributed by atoms with van der Waals surface area (Å²) in [6.07, 6.45) is 1.96. The highest BCUT2D eigenvalue weighted by Crippen LogP contribution is 2.13. The molecule has 1 aromatic heterocycles. The molecular weight excluding hydrogens is 254 g/mol. The van der Waals surface area contributed by atoms with Gasteiger partial charge in [0.2, 0.25) is 0 Å². The Hall–Kier alpha value is -2.10. The fourth-order valence-electron chi connectivity index (χ4n) is 2.12. The average Bonchev–Trinajstić information content (AvgIpc) is 2.47. The van der Waals surface area contributed by atoms with Crippen LogP contribution < -0.4 is 5.43 Å². The van der Waals surface area contributed by atoms with Crippen molar-refractivity contribution < 1.29 is 9.21 Å². The first-order chi connectivity index (χ1) is 9.67. The number of nitrogens with zero attached hydrogens (tertiary/aromatic N) is 1. The third kappa shape index (κ3) is 2.90. The number of unbranched alkanes of at least 4 members (excludes halogenated alkanes) is 1. The maximum absolute atomic E-state index is 12.4. The number of rotatable bonds is 5. The van der Waals surface area contributed by atoms with E-state index in [2.05, 4.69) is 6.92 Å². The Bertz CT molecular complexity index is 660. The maximum atomic E-state index is 12.4. The van der Waals surface area contributed by atoms with E-state index in [4.69, 9.17) is 4.42 Å². The minimum atomic E-state index is -0.219. The molecule has 4 heteroatoms. The van der Waals surface area contributed by atoms with E-state index in [1.165, 1.54) is 6.07 Å². The van der Waals surface area contributed by atoms with Crippen LogP contribution in [0.25, 0.3) is 11.0 Å². The summed E-state index contributed by atoms with van der Waals surface area (Å²) in [5.74, 6) is -0.101. The highest BCUT2D eigenvalue weighted by Gasteiger charge is 2.17. The maximum Gasteiger partial charge on any atom is 0.289 e. The van der Waals surface area contributed by atoms with Crippen molar-refractivity contribution in [3.8, 4) is 0 Å². The first-order valence-electron chi connectivity index (χ1n) is 6.99. The molecule has 0 atom stereocenters. The molecule has 20 heavy (non-hydrogen) atoms. The summed E-state index contributed by atoms with van der Waals surface area (Å²) in [5.41, 5.74) is 0.275. The van der Waals surface area contributed by atoms with Crippen LogP contribution in [0.3, 0.4) is 0 Å². The molecule has 1 aromatic carbocycles. The van der Waals surface area contributed by atoms with E-state index in [0.29, 0.717) is 24.1 Å². The first-order valence-corrected chi connectivity index (χ1v) is 6.99. The van der Waals surface area contributed by atoms with Gasteiger partial charge in [0.15, 0.2) is 11.2 Å². The zero-order valence-electron chi connectivity index (χ0n) is 11.9. The molecule has 1 heterocycles. The molecular formula is C16H19NO3. The van der Waals surface area contributed by atoms with Crippen molar-refractivity contribution in [2.24, 2.45) is 0 Å². The minimum Gasteiger partial charge on any atom is -0.451 e. The summed E-state index contributed by atoms with van der Waals surface area (Å²) >= 11 is 0. The number of hydrogen-bond acceptors (Lipinski definition) is 3. The number of carbonyl (C=O) groups excluding carboxylic acids is 1. The fraction of sp³-hybridized carbons (Fsp3) is 0.375. The monoisotopic (exact) mass is 273 g/mol. The van der Waals surface area contributed by atoms with E-state index in [0.717, 1.165) is 12.8 Å². The summed E-state index contributed by atoms with van der Waals surface area (Å²) in [4.78, 5) is 26.1. The molecule has 0 saturated carbocycles. The van der Waals surface area contributed by atoms with Crippen molar-refractivity contribution in [1.82, 2.24) is 4.90 Å². The van der Waals surface area contributed by atoms with Gasteiger partial charge in [-0.2, -0.15) is 0 Å². The van der Waals surface area contributed by atoms with Crippen LogP contribution in [0.1, 0.15) is 37.2 Å². The first kappa shape index (κ1) is 14.3. The van der Waals surface area contributed by atoms with Gasteiger partial charge in [0.1, 0.15) is 5.58 Å². The molecule has 2 aromatic rings. The number of para-hydroxylation sites is 1. The lowest BCUT2D eigenvalue weighted by molar-refractivity contribution is 0.0731. The largest absolute Gasteiger partial charge is 0.451 e. The number of carbonyl (C=O) groups is 1. The summed E-state index contributed by atoms with van der Waals surface area (Å²) < 4.78 is 5.58. The van der Waals surface area contributed by atoms with Gasteiger partial charge in [-0.3, -0.25) is 9.59 Å². The predicted molar refractivity (Wildman–Crippen MR) is 79.0 cm³/mol. The Morgan fingerprint density at radius 1 is 1.25 bits per heavy atom. The molecule has 0 aliphatic rings. The van der Waals surface area contributed by atoms with Crippen molar-refractivity contribution in [3.05, 3.63) is 46.3 Å². The van der Waals surface area contributed by atoms with Crippen LogP contribution in [0.15, 0.2) is 39.5 Å². The fourth-order valence-corrected chi connectivity index (χ4v) is 2.12. The third-order valence-electron chi connectivity index (χ3n) is 3.30. The van der Waals surface area contributed by atoms with Crippen LogP contribution in [0.2, 0.25) is 0 Å². The van der Waals surface area contributed by atoms with E-state index in [9.17, 15) is 9.59 Å². The van der Waals surface area contributed by atoms with Crippen LogP contribution >= 0.6 is 0 Å². The van der Waals surface area contributed by atoms with Crippen molar-refractivity contribution in [2.45, 2.75) is 26.7 Å². The second-order valence-corrected chi connectivity index (χ2v) is 4.71. The Balaban J connectivity index is 2.37. The topological polar surface area (TPSA) is 50.5 Å². The van der Waals surface area contributed by atoms with Crippen molar-refractivity contribution in [1.29, 1.82) is 0 Å². The molecule has 4 nitrogen and oxygen atoms in total. The smallest absolute Gasteiger partial charge is 0.289 e. The van der Waals surface area contributed by atoms with Gasteiger partial charge in [-0.05, 0) is 25.5 Å². The standard InChI is InChI=1S/C16H19NO3/c1-3-5-10-17(4-2)16(19)15-11-13(18)12-8-6-7-9-14(12)20-15/h6-9,11H,3-5,10H2,1-2H3. The molecule has 1 amide bonds. The number of fused-ring (bicyclic) bond motifs is 1. The molecule has 0 radical (unpaired) electrons. The Kier molecular flexibility index (Phi) is 4.56. The van der Waals surface area contributed by atoms with Crippen molar-refractivity contribution in [2.75, 3.05) is 13.1 Å². The lowest BCUT2D eigenvalue weighted by atomic mass is 10.2.